The van der Waals surface area contributed by atoms with Gasteiger partial charge in [-0.25, -0.2) is 14.6 Å². The van der Waals surface area contributed by atoms with Crippen molar-refractivity contribution < 1.29 is 4.74 Å². The second kappa shape index (κ2) is 7.94. The molecule has 7 nitrogen and oxygen atoms in total. The van der Waals surface area contributed by atoms with Gasteiger partial charge in [-0.3, -0.25) is 4.98 Å². The smallest absolute Gasteiger partial charge is 0.185 e. The Labute approximate surface area is 194 Å². The summed E-state index contributed by atoms with van der Waals surface area (Å²) in [5.41, 5.74) is 4.08. The van der Waals surface area contributed by atoms with E-state index in [1.165, 1.54) is 12.0 Å². The van der Waals surface area contributed by atoms with Crippen LogP contribution in [0.1, 0.15) is 54.6 Å². The first-order chi connectivity index (χ1) is 15.7. The van der Waals surface area contributed by atoms with Crippen LogP contribution >= 0.6 is 15.9 Å². The maximum atomic E-state index is 6.16. The zero-order chi connectivity index (χ0) is 21.7. The van der Waals surface area contributed by atoms with Crippen LogP contribution in [0.5, 0.6) is 0 Å². The van der Waals surface area contributed by atoms with Crippen molar-refractivity contribution in [2.24, 2.45) is 0 Å². The molecule has 5 heterocycles. The fourth-order valence-electron chi connectivity index (χ4n) is 4.72. The number of hydrogen-bond donors (Lipinski definition) is 0. The SMILES string of the molecule is CC1CCCn2cc(-c3nc(C4OCCc5ccccc54)nn3-c3cncc(Br)c3)nc21. The number of hydrogen-bond acceptors (Lipinski definition) is 5. The normalized spacial score (nSPS) is 20.1. The van der Waals surface area contributed by atoms with Gasteiger partial charge in [0.2, 0.25) is 0 Å². The molecule has 0 saturated heterocycles. The molecule has 0 bridgehead atoms. The third kappa shape index (κ3) is 3.38. The Kier molecular flexibility index (Phi) is 4.91. The predicted molar refractivity (Wildman–Crippen MR) is 124 cm³/mol. The van der Waals surface area contributed by atoms with E-state index >= 15 is 0 Å². The molecule has 0 fully saturated rings. The van der Waals surface area contributed by atoms with Gasteiger partial charge in [0.1, 0.15) is 17.6 Å². The first-order valence-corrected chi connectivity index (χ1v) is 11.8. The molecule has 2 atom stereocenters. The summed E-state index contributed by atoms with van der Waals surface area (Å²) < 4.78 is 11.1. The Morgan fingerprint density at radius 2 is 2.06 bits per heavy atom. The van der Waals surface area contributed by atoms with E-state index in [0.29, 0.717) is 24.2 Å². The molecule has 8 heteroatoms. The summed E-state index contributed by atoms with van der Waals surface area (Å²) in [6, 6.07) is 10.4. The second-order valence-electron chi connectivity index (χ2n) is 8.49. The molecule has 0 amide bonds. The van der Waals surface area contributed by atoms with Crippen molar-refractivity contribution >= 4 is 15.9 Å². The van der Waals surface area contributed by atoms with Crippen molar-refractivity contribution in [2.45, 2.75) is 44.8 Å². The van der Waals surface area contributed by atoms with Gasteiger partial charge < -0.3 is 9.30 Å². The summed E-state index contributed by atoms with van der Waals surface area (Å²) in [5.74, 6) is 2.91. The minimum Gasteiger partial charge on any atom is -0.365 e. The van der Waals surface area contributed by atoms with Crippen molar-refractivity contribution in [1.29, 1.82) is 0 Å². The maximum Gasteiger partial charge on any atom is 0.185 e. The summed E-state index contributed by atoms with van der Waals surface area (Å²) in [4.78, 5) is 14.3. The molecule has 1 aromatic carbocycles. The molecule has 2 unspecified atom stereocenters. The number of benzene rings is 1. The second-order valence-corrected chi connectivity index (χ2v) is 9.40. The molecule has 0 aliphatic carbocycles. The number of rotatable bonds is 3. The first kappa shape index (κ1) is 19.8. The summed E-state index contributed by atoms with van der Waals surface area (Å²) in [5, 5.41) is 4.92. The van der Waals surface area contributed by atoms with Crippen LogP contribution in [0.15, 0.2) is 53.4 Å². The first-order valence-electron chi connectivity index (χ1n) is 11.0. The number of aromatic nitrogens is 6. The minimum absolute atomic E-state index is 0.295. The quantitative estimate of drug-likeness (QED) is 0.410. The predicted octanol–water partition coefficient (Wildman–Crippen LogP) is 4.85. The van der Waals surface area contributed by atoms with E-state index in [0.717, 1.165) is 46.6 Å². The topological polar surface area (TPSA) is 70.7 Å². The number of halogens is 1. The third-order valence-corrected chi connectivity index (χ3v) is 6.73. The molecular weight excluding hydrogens is 468 g/mol. The number of fused-ring (bicyclic) bond motifs is 2. The largest absolute Gasteiger partial charge is 0.365 e. The lowest BCUT2D eigenvalue weighted by molar-refractivity contribution is 0.0641. The fraction of sp³-hybridized carbons (Fsp3) is 0.333. The van der Waals surface area contributed by atoms with Crippen LogP contribution < -0.4 is 0 Å². The van der Waals surface area contributed by atoms with Gasteiger partial charge in [-0.05, 0) is 52.4 Å². The Balaban J connectivity index is 1.51. The molecule has 0 spiro atoms. The van der Waals surface area contributed by atoms with Crippen LogP contribution in [0.4, 0.5) is 0 Å². The highest BCUT2D eigenvalue weighted by Gasteiger charge is 2.29. The van der Waals surface area contributed by atoms with Crippen molar-refractivity contribution in [3.63, 3.8) is 0 Å². The summed E-state index contributed by atoms with van der Waals surface area (Å²) in [6.45, 7) is 3.88. The molecule has 32 heavy (non-hydrogen) atoms. The van der Waals surface area contributed by atoms with E-state index in [1.807, 2.05) is 16.8 Å². The fourth-order valence-corrected chi connectivity index (χ4v) is 5.07. The van der Waals surface area contributed by atoms with Crippen molar-refractivity contribution in [3.8, 4) is 17.2 Å². The number of pyridine rings is 1. The van der Waals surface area contributed by atoms with Gasteiger partial charge in [-0.1, -0.05) is 31.2 Å². The van der Waals surface area contributed by atoms with Gasteiger partial charge in [-0.2, -0.15) is 0 Å². The van der Waals surface area contributed by atoms with Crippen LogP contribution in [-0.2, 0) is 17.7 Å². The number of ether oxygens (including phenoxy) is 1. The van der Waals surface area contributed by atoms with Crippen LogP contribution in [0.2, 0.25) is 0 Å². The third-order valence-electron chi connectivity index (χ3n) is 6.30. The summed E-state index contributed by atoms with van der Waals surface area (Å²) in [6.07, 6.45) is 8.61. The lowest BCUT2D eigenvalue weighted by atomic mass is 9.97. The Morgan fingerprint density at radius 3 is 2.94 bits per heavy atom. The average molecular weight is 491 g/mol. The van der Waals surface area contributed by atoms with Gasteiger partial charge in [-0.15, -0.1) is 5.10 Å². The summed E-state index contributed by atoms with van der Waals surface area (Å²) in [7, 11) is 0. The molecule has 6 rings (SSSR count). The Morgan fingerprint density at radius 1 is 1.16 bits per heavy atom. The molecular formula is C24H23BrN6O. The molecule has 2 aliphatic heterocycles. The highest BCUT2D eigenvalue weighted by molar-refractivity contribution is 9.10. The van der Waals surface area contributed by atoms with Crippen LogP contribution in [0, 0.1) is 0 Å². The lowest BCUT2D eigenvalue weighted by Gasteiger charge is -2.23. The standard InChI is InChI=1S/C24H23BrN6O/c1-15-5-4-9-30-14-20(27-23(15)30)24-28-22(29-31(24)18-11-17(25)12-26-13-18)21-19-7-3-2-6-16(19)8-10-32-21/h2-3,6-7,11-15,21H,4-5,8-10H2,1H3. The van der Waals surface area contributed by atoms with E-state index in [4.69, 9.17) is 19.8 Å². The van der Waals surface area contributed by atoms with Gasteiger partial charge in [0, 0.05) is 29.3 Å². The Bertz CT molecular complexity index is 1300. The van der Waals surface area contributed by atoms with Gasteiger partial charge >= 0.3 is 0 Å². The monoisotopic (exact) mass is 490 g/mol. The summed E-state index contributed by atoms with van der Waals surface area (Å²) >= 11 is 3.53. The molecule has 0 radical (unpaired) electrons. The van der Waals surface area contributed by atoms with Gasteiger partial charge in [0.25, 0.3) is 0 Å². The van der Waals surface area contributed by atoms with Crippen LogP contribution in [0.3, 0.4) is 0 Å². The molecule has 3 aromatic heterocycles. The van der Waals surface area contributed by atoms with Crippen LogP contribution in [-0.4, -0.2) is 35.9 Å². The average Bonchev–Trinajstić information content (AvgIpc) is 3.44. The van der Waals surface area contributed by atoms with E-state index in [-0.39, 0.29) is 6.10 Å². The number of imidazole rings is 1. The van der Waals surface area contributed by atoms with E-state index < -0.39 is 0 Å². The molecule has 2 aliphatic rings. The van der Waals surface area contributed by atoms with Crippen molar-refractivity contribution in [2.75, 3.05) is 6.61 Å². The molecule has 4 aromatic rings. The number of nitrogens with zero attached hydrogens (tertiary/aromatic N) is 6. The van der Waals surface area contributed by atoms with Gasteiger partial charge in [0.05, 0.1) is 18.5 Å². The molecule has 162 valence electrons. The van der Waals surface area contributed by atoms with Crippen molar-refractivity contribution in [1.82, 2.24) is 29.3 Å². The van der Waals surface area contributed by atoms with Crippen molar-refractivity contribution in [3.05, 3.63) is 76.2 Å². The number of aryl methyl sites for hydroxylation is 1. The lowest BCUT2D eigenvalue weighted by Crippen LogP contribution is -2.18. The highest BCUT2D eigenvalue weighted by Crippen LogP contribution is 2.34. The van der Waals surface area contributed by atoms with E-state index in [1.54, 1.807) is 12.4 Å². The van der Waals surface area contributed by atoms with E-state index in [9.17, 15) is 0 Å². The van der Waals surface area contributed by atoms with Crippen LogP contribution in [0.25, 0.3) is 17.2 Å². The zero-order valence-electron chi connectivity index (χ0n) is 17.8. The highest BCUT2D eigenvalue weighted by atomic mass is 79.9. The zero-order valence-corrected chi connectivity index (χ0v) is 19.4. The molecule has 0 N–H and O–H groups in total. The van der Waals surface area contributed by atoms with E-state index in [2.05, 4.69) is 56.8 Å². The minimum atomic E-state index is -0.295. The Hall–Kier alpha value is -2.84. The maximum absolute atomic E-state index is 6.16. The molecule has 0 saturated carbocycles. The van der Waals surface area contributed by atoms with Gasteiger partial charge in [0.15, 0.2) is 11.6 Å².